The van der Waals surface area contributed by atoms with Gasteiger partial charge in [-0.15, -0.1) is 0 Å². The van der Waals surface area contributed by atoms with Gasteiger partial charge in [0, 0.05) is 18.5 Å². The number of likely N-dealkylation sites (N-methyl/N-ethyl adjacent to an activating group) is 1. The van der Waals surface area contributed by atoms with Crippen LogP contribution in [0.5, 0.6) is 0 Å². The van der Waals surface area contributed by atoms with Crippen LogP contribution in [0.15, 0.2) is 18.3 Å². The van der Waals surface area contributed by atoms with Crippen molar-refractivity contribution < 1.29 is 0 Å². The normalized spacial score (nSPS) is 11.3. The molecule has 0 unspecified atom stereocenters. The highest BCUT2D eigenvalue weighted by Gasteiger charge is 2.04. The molecule has 0 spiro atoms. The molecule has 5 heteroatoms. The summed E-state index contributed by atoms with van der Waals surface area (Å²) in [7, 11) is 0. The summed E-state index contributed by atoms with van der Waals surface area (Å²) in [5, 5.41) is 11.4. The maximum atomic E-state index is 6.04. The van der Waals surface area contributed by atoms with Gasteiger partial charge < -0.3 is 16.0 Å². The van der Waals surface area contributed by atoms with Gasteiger partial charge in [-0.25, -0.2) is 0 Å². The Morgan fingerprint density at radius 3 is 2.89 bits per heavy atom. The van der Waals surface area contributed by atoms with Gasteiger partial charge in [0.1, 0.15) is 0 Å². The number of benzene rings is 1. The molecule has 0 aliphatic heterocycles. The highest BCUT2D eigenvalue weighted by molar-refractivity contribution is 5.88. The van der Waals surface area contributed by atoms with Crippen LogP contribution in [0.25, 0.3) is 10.9 Å². The fourth-order valence-electron chi connectivity index (χ4n) is 2.26. The second kappa shape index (κ2) is 6.43. The topological polar surface area (TPSA) is 70.0 Å². The molecule has 0 saturated carbocycles. The van der Waals surface area contributed by atoms with Crippen LogP contribution in [0.1, 0.15) is 20.3 Å². The van der Waals surface area contributed by atoms with E-state index in [1.54, 1.807) is 6.20 Å². The van der Waals surface area contributed by atoms with Crippen molar-refractivity contribution in [3.63, 3.8) is 0 Å². The number of aromatic nitrogens is 2. The first kappa shape index (κ1) is 13.7. The van der Waals surface area contributed by atoms with Gasteiger partial charge >= 0.3 is 0 Å². The van der Waals surface area contributed by atoms with Gasteiger partial charge in [0.2, 0.25) is 0 Å². The number of rotatable bonds is 7. The molecule has 0 saturated heterocycles. The van der Waals surface area contributed by atoms with Crippen molar-refractivity contribution in [2.24, 2.45) is 0 Å². The van der Waals surface area contributed by atoms with E-state index in [0.29, 0.717) is 0 Å². The van der Waals surface area contributed by atoms with E-state index in [9.17, 15) is 0 Å². The maximum absolute atomic E-state index is 6.04. The predicted octanol–water partition coefficient (Wildman–Crippen LogP) is 2.29. The summed E-state index contributed by atoms with van der Waals surface area (Å²) < 4.78 is 0. The van der Waals surface area contributed by atoms with E-state index < -0.39 is 0 Å². The van der Waals surface area contributed by atoms with Crippen molar-refractivity contribution in [1.29, 1.82) is 0 Å². The molecule has 0 amide bonds. The summed E-state index contributed by atoms with van der Waals surface area (Å²) in [5.74, 6) is 0. The smallest absolute Gasteiger partial charge is 0.0672 e. The Bertz CT molecular complexity index is 520. The summed E-state index contributed by atoms with van der Waals surface area (Å²) in [6.07, 6.45) is 2.98. The molecule has 2 rings (SSSR count). The number of anilines is 2. The summed E-state index contributed by atoms with van der Waals surface area (Å²) in [6.45, 7) is 8.57. The van der Waals surface area contributed by atoms with Gasteiger partial charge in [-0.3, -0.25) is 5.10 Å². The number of hydrogen-bond acceptors (Lipinski definition) is 4. The van der Waals surface area contributed by atoms with Gasteiger partial charge in [0.05, 0.1) is 23.1 Å². The Kier molecular flexibility index (Phi) is 4.63. The van der Waals surface area contributed by atoms with Crippen LogP contribution in [0.3, 0.4) is 0 Å². The molecule has 0 radical (unpaired) electrons. The van der Waals surface area contributed by atoms with Crippen molar-refractivity contribution in [2.75, 3.05) is 37.2 Å². The lowest BCUT2D eigenvalue weighted by Crippen LogP contribution is -2.29. The Hall–Kier alpha value is -1.75. The van der Waals surface area contributed by atoms with E-state index >= 15 is 0 Å². The van der Waals surface area contributed by atoms with Crippen LogP contribution in [0.4, 0.5) is 11.4 Å². The lowest BCUT2D eigenvalue weighted by Gasteiger charge is -2.20. The summed E-state index contributed by atoms with van der Waals surface area (Å²) in [4.78, 5) is 2.43. The van der Waals surface area contributed by atoms with Crippen molar-refractivity contribution in [3.8, 4) is 0 Å². The third kappa shape index (κ3) is 3.38. The first-order valence-electron chi connectivity index (χ1n) is 6.93. The molecule has 0 aliphatic rings. The van der Waals surface area contributed by atoms with E-state index in [4.69, 9.17) is 5.73 Å². The number of aromatic amines is 1. The molecule has 1 aromatic carbocycles. The standard InChI is InChI=1S/C14H23N5/c1-3-6-19(4-2)7-5-16-14-9-13-11(8-12(14)15)10-17-18-13/h8-10,16H,3-7,15H2,1-2H3,(H,17,18). The average molecular weight is 261 g/mol. The molecule has 1 heterocycles. The molecular formula is C14H23N5. The number of nitrogens with one attached hydrogen (secondary N) is 2. The number of nitrogens with two attached hydrogens (primary N) is 1. The average Bonchev–Trinajstić information content (AvgIpc) is 2.84. The second-order valence-electron chi connectivity index (χ2n) is 4.76. The molecular weight excluding hydrogens is 238 g/mol. The summed E-state index contributed by atoms with van der Waals surface area (Å²) in [5.41, 5.74) is 8.79. The maximum Gasteiger partial charge on any atom is 0.0672 e. The number of hydrogen-bond donors (Lipinski definition) is 3. The number of fused-ring (bicyclic) bond motifs is 1. The van der Waals surface area contributed by atoms with Crippen LogP contribution in [-0.2, 0) is 0 Å². The third-order valence-electron chi connectivity index (χ3n) is 3.34. The van der Waals surface area contributed by atoms with Crippen molar-refractivity contribution in [2.45, 2.75) is 20.3 Å². The van der Waals surface area contributed by atoms with E-state index in [1.165, 1.54) is 6.42 Å². The predicted molar refractivity (Wildman–Crippen MR) is 81.4 cm³/mol. The molecule has 4 N–H and O–H groups in total. The molecule has 0 fully saturated rings. The van der Waals surface area contributed by atoms with Crippen molar-refractivity contribution >= 4 is 22.3 Å². The zero-order valence-corrected chi connectivity index (χ0v) is 11.7. The van der Waals surface area contributed by atoms with Crippen LogP contribution >= 0.6 is 0 Å². The van der Waals surface area contributed by atoms with E-state index in [0.717, 1.165) is 48.5 Å². The molecule has 0 bridgehead atoms. The molecule has 0 atom stereocenters. The van der Waals surface area contributed by atoms with Crippen molar-refractivity contribution in [3.05, 3.63) is 18.3 Å². The minimum Gasteiger partial charge on any atom is -0.397 e. The van der Waals surface area contributed by atoms with E-state index in [-0.39, 0.29) is 0 Å². The second-order valence-corrected chi connectivity index (χ2v) is 4.76. The van der Waals surface area contributed by atoms with Crippen LogP contribution in [0, 0.1) is 0 Å². The number of nitrogens with zero attached hydrogens (tertiary/aromatic N) is 2. The van der Waals surface area contributed by atoms with Crippen LogP contribution < -0.4 is 11.1 Å². The molecule has 104 valence electrons. The Morgan fingerprint density at radius 1 is 1.32 bits per heavy atom. The fourth-order valence-corrected chi connectivity index (χ4v) is 2.26. The summed E-state index contributed by atoms with van der Waals surface area (Å²) in [6, 6.07) is 3.97. The monoisotopic (exact) mass is 261 g/mol. The third-order valence-corrected chi connectivity index (χ3v) is 3.34. The first-order valence-corrected chi connectivity index (χ1v) is 6.93. The van der Waals surface area contributed by atoms with Gasteiger partial charge in [0.25, 0.3) is 0 Å². The minimum absolute atomic E-state index is 0.771. The van der Waals surface area contributed by atoms with E-state index in [2.05, 4.69) is 34.3 Å². The van der Waals surface area contributed by atoms with Crippen molar-refractivity contribution in [1.82, 2.24) is 15.1 Å². The van der Waals surface area contributed by atoms with Gasteiger partial charge in [-0.05, 0) is 31.6 Å². The van der Waals surface area contributed by atoms with Crippen LogP contribution in [-0.4, -0.2) is 41.3 Å². The zero-order chi connectivity index (χ0) is 13.7. The van der Waals surface area contributed by atoms with Gasteiger partial charge in [-0.2, -0.15) is 5.10 Å². The Labute approximate surface area is 114 Å². The minimum atomic E-state index is 0.771. The highest BCUT2D eigenvalue weighted by atomic mass is 15.1. The Morgan fingerprint density at radius 2 is 2.16 bits per heavy atom. The quantitative estimate of drug-likeness (QED) is 0.669. The zero-order valence-electron chi connectivity index (χ0n) is 11.7. The lowest BCUT2D eigenvalue weighted by molar-refractivity contribution is 0.300. The van der Waals surface area contributed by atoms with E-state index in [1.807, 2.05) is 12.1 Å². The first-order chi connectivity index (χ1) is 9.24. The fraction of sp³-hybridized carbons (Fsp3) is 0.500. The number of nitrogen functional groups attached to an aromatic ring is 1. The lowest BCUT2D eigenvalue weighted by atomic mass is 10.2. The molecule has 1 aromatic heterocycles. The van der Waals surface area contributed by atoms with Gasteiger partial charge in [-0.1, -0.05) is 13.8 Å². The van der Waals surface area contributed by atoms with Gasteiger partial charge in [0.15, 0.2) is 0 Å². The molecule has 5 nitrogen and oxygen atoms in total. The SMILES string of the molecule is CCCN(CC)CCNc1cc2[nH]ncc2cc1N. The summed E-state index contributed by atoms with van der Waals surface area (Å²) >= 11 is 0. The number of H-pyrrole nitrogens is 1. The van der Waals surface area contributed by atoms with Crippen LogP contribution in [0.2, 0.25) is 0 Å². The largest absolute Gasteiger partial charge is 0.397 e. The molecule has 2 aromatic rings. The molecule has 19 heavy (non-hydrogen) atoms. The highest BCUT2D eigenvalue weighted by Crippen LogP contribution is 2.24. The molecule has 0 aliphatic carbocycles. The Balaban J connectivity index is 1.95.